The van der Waals surface area contributed by atoms with E-state index in [1.807, 2.05) is 19.1 Å². The maximum Gasteiger partial charge on any atom is 0.174 e. The van der Waals surface area contributed by atoms with Gasteiger partial charge in [0.25, 0.3) is 0 Å². The largest absolute Gasteiger partial charge is 0.385 e. The van der Waals surface area contributed by atoms with E-state index in [9.17, 15) is 13.5 Å². The van der Waals surface area contributed by atoms with Gasteiger partial charge in [0.15, 0.2) is 14.0 Å². The molecule has 1 aromatic rings. The van der Waals surface area contributed by atoms with Gasteiger partial charge in [-0.15, -0.1) is 0 Å². The standard InChI is InChI=1S/C12H17ClO3S/c1-4-12(13,17(3,15)16)11(14)10-8-6-5-7-9(10)2/h5-8,11,14H,4H2,1-3H3/t11-,12+/m1/s1. The summed E-state index contributed by atoms with van der Waals surface area (Å²) in [6, 6.07) is 7.08. The van der Waals surface area contributed by atoms with Crippen molar-refractivity contribution in [3.63, 3.8) is 0 Å². The van der Waals surface area contributed by atoms with E-state index in [2.05, 4.69) is 0 Å². The van der Waals surface area contributed by atoms with Crippen molar-refractivity contribution in [1.29, 1.82) is 0 Å². The molecule has 0 saturated carbocycles. The predicted octanol–water partition coefficient (Wildman–Crippen LogP) is 2.42. The smallest absolute Gasteiger partial charge is 0.174 e. The highest BCUT2D eigenvalue weighted by atomic mass is 35.5. The molecule has 3 nitrogen and oxygen atoms in total. The highest BCUT2D eigenvalue weighted by molar-refractivity contribution is 7.93. The molecule has 0 aliphatic carbocycles. The zero-order valence-corrected chi connectivity index (χ0v) is 11.7. The van der Waals surface area contributed by atoms with Gasteiger partial charge >= 0.3 is 0 Å². The molecule has 17 heavy (non-hydrogen) atoms. The van der Waals surface area contributed by atoms with Gasteiger partial charge in [0, 0.05) is 6.26 Å². The number of alkyl halides is 1. The Balaban J connectivity index is 3.29. The van der Waals surface area contributed by atoms with Gasteiger partial charge in [-0.2, -0.15) is 0 Å². The maximum atomic E-state index is 11.7. The zero-order chi connectivity index (χ0) is 13.3. The van der Waals surface area contributed by atoms with Gasteiger partial charge in [-0.3, -0.25) is 0 Å². The molecule has 1 aromatic carbocycles. The summed E-state index contributed by atoms with van der Waals surface area (Å²) in [6.07, 6.45) is -0.0428. The summed E-state index contributed by atoms with van der Waals surface area (Å²) in [5.74, 6) is 0. The Morgan fingerprint density at radius 3 is 2.35 bits per heavy atom. The lowest BCUT2D eigenvalue weighted by Gasteiger charge is -2.30. The number of hydrogen-bond acceptors (Lipinski definition) is 3. The number of sulfone groups is 1. The lowest BCUT2D eigenvalue weighted by Crippen LogP contribution is -2.38. The third kappa shape index (κ3) is 2.64. The van der Waals surface area contributed by atoms with Crippen molar-refractivity contribution in [2.24, 2.45) is 0 Å². The molecule has 5 heteroatoms. The quantitative estimate of drug-likeness (QED) is 0.860. The SMILES string of the molecule is CC[C@@](Cl)([C@H](O)c1ccccc1C)S(C)(=O)=O. The van der Waals surface area contributed by atoms with Crippen LogP contribution in [0.4, 0.5) is 0 Å². The number of aliphatic hydroxyl groups is 1. The van der Waals surface area contributed by atoms with Gasteiger partial charge in [0.05, 0.1) is 0 Å². The van der Waals surface area contributed by atoms with Crippen molar-refractivity contribution in [2.45, 2.75) is 30.6 Å². The third-order valence-electron chi connectivity index (χ3n) is 2.99. The second kappa shape index (κ2) is 4.96. The van der Waals surface area contributed by atoms with Gasteiger partial charge in [-0.1, -0.05) is 42.8 Å². The molecule has 1 rings (SSSR count). The van der Waals surface area contributed by atoms with Crippen LogP contribution < -0.4 is 0 Å². The molecule has 0 radical (unpaired) electrons. The van der Waals surface area contributed by atoms with E-state index in [0.717, 1.165) is 11.8 Å². The number of aryl methyl sites for hydroxylation is 1. The van der Waals surface area contributed by atoms with Crippen LogP contribution in [-0.4, -0.2) is 24.0 Å². The second-order valence-corrected chi connectivity index (χ2v) is 7.34. The number of halogens is 1. The summed E-state index contributed by atoms with van der Waals surface area (Å²) in [5.41, 5.74) is 1.37. The van der Waals surface area contributed by atoms with Crippen LogP contribution in [0.5, 0.6) is 0 Å². The minimum absolute atomic E-state index is 0.142. The molecule has 0 bridgehead atoms. The Labute approximate surface area is 107 Å². The molecule has 0 saturated heterocycles. The average Bonchev–Trinajstić information content (AvgIpc) is 2.26. The van der Waals surface area contributed by atoms with Crippen molar-refractivity contribution < 1.29 is 13.5 Å². The van der Waals surface area contributed by atoms with E-state index in [1.165, 1.54) is 0 Å². The normalized spacial score (nSPS) is 17.5. The molecule has 0 fully saturated rings. The molecule has 1 N–H and O–H groups in total. The number of rotatable bonds is 4. The molecule has 0 aliphatic heterocycles. The first-order chi connectivity index (χ1) is 7.74. The summed E-state index contributed by atoms with van der Waals surface area (Å²) in [4.78, 5) is 0. The van der Waals surface area contributed by atoms with Crippen LogP contribution in [0.2, 0.25) is 0 Å². The van der Waals surface area contributed by atoms with Gasteiger partial charge < -0.3 is 5.11 Å². The van der Waals surface area contributed by atoms with Gasteiger partial charge in [0.2, 0.25) is 0 Å². The van der Waals surface area contributed by atoms with E-state index in [1.54, 1.807) is 19.1 Å². The number of aliphatic hydroxyl groups excluding tert-OH is 1. The first kappa shape index (κ1) is 14.5. The van der Waals surface area contributed by atoms with Crippen molar-refractivity contribution in [2.75, 3.05) is 6.26 Å². The molecule has 0 aliphatic rings. The Bertz CT molecular complexity index is 498. The van der Waals surface area contributed by atoms with E-state index >= 15 is 0 Å². The topological polar surface area (TPSA) is 54.4 Å². The summed E-state index contributed by atoms with van der Waals surface area (Å²) in [5, 5.41) is 10.2. The van der Waals surface area contributed by atoms with Crippen LogP contribution >= 0.6 is 11.6 Å². The molecule has 0 amide bonds. The van der Waals surface area contributed by atoms with Crippen LogP contribution in [0.1, 0.15) is 30.6 Å². The molecular weight excluding hydrogens is 260 g/mol. The van der Waals surface area contributed by atoms with Crippen LogP contribution in [-0.2, 0) is 9.84 Å². The van der Waals surface area contributed by atoms with Crippen LogP contribution in [0.25, 0.3) is 0 Å². The van der Waals surface area contributed by atoms with E-state index in [4.69, 9.17) is 11.6 Å². The van der Waals surface area contributed by atoms with Crippen LogP contribution in [0, 0.1) is 6.92 Å². The summed E-state index contributed by atoms with van der Waals surface area (Å²) in [6.45, 7) is 3.46. The number of hydrogen-bond donors (Lipinski definition) is 1. The Hall–Kier alpha value is -0.580. The zero-order valence-electron chi connectivity index (χ0n) is 10.1. The highest BCUT2D eigenvalue weighted by Crippen LogP contribution is 2.40. The minimum atomic E-state index is -3.56. The fourth-order valence-corrected chi connectivity index (χ4v) is 2.96. The van der Waals surface area contributed by atoms with E-state index in [-0.39, 0.29) is 6.42 Å². The molecule has 0 spiro atoms. The monoisotopic (exact) mass is 276 g/mol. The molecular formula is C12H17ClO3S. The maximum absolute atomic E-state index is 11.7. The summed E-state index contributed by atoms with van der Waals surface area (Å²) < 4.78 is 21.8. The van der Waals surface area contributed by atoms with Gasteiger partial charge in [-0.25, -0.2) is 8.42 Å². The predicted molar refractivity (Wildman–Crippen MR) is 69.9 cm³/mol. The van der Waals surface area contributed by atoms with E-state index in [0.29, 0.717) is 5.56 Å². The molecule has 96 valence electrons. The highest BCUT2D eigenvalue weighted by Gasteiger charge is 2.45. The minimum Gasteiger partial charge on any atom is -0.385 e. The molecule has 2 atom stereocenters. The van der Waals surface area contributed by atoms with Crippen molar-refractivity contribution >= 4 is 21.4 Å². The Kier molecular flexibility index (Phi) is 4.23. The lowest BCUT2D eigenvalue weighted by molar-refractivity contribution is 0.154. The van der Waals surface area contributed by atoms with Crippen molar-refractivity contribution in [3.05, 3.63) is 35.4 Å². The Morgan fingerprint density at radius 1 is 1.41 bits per heavy atom. The molecule has 0 aromatic heterocycles. The van der Waals surface area contributed by atoms with Crippen LogP contribution in [0.3, 0.4) is 0 Å². The lowest BCUT2D eigenvalue weighted by atomic mass is 9.99. The fraction of sp³-hybridized carbons (Fsp3) is 0.500. The molecule has 0 heterocycles. The fourth-order valence-electron chi connectivity index (χ4n) is 1.78. The number of benzene rings is 1. The first-order valence-electron chi connectivity index (χ1n) is 5.36. The van der Waals surface area contributed by atoms with Gasteiger partial charge in [0.1, 0.15) is 6.10 Å². The van der Waals surface area contributed by atoms with Crippen molar-refractivity contribution in [1.82, 2.24) is 0 Å². The summed E-state index contributed by atoms with van der Waals surface area (Å²) in [7, 11) is -3.56. The average molecular weight is 277 g/mol. The first-order valence-corrected chi connectivity index (χ1v) is 7.63. The van der Waals surface area contributed by atoms with E-state index < -0.39 is 20.1 Å². The Morgan fingerprint density at radius 2 is 1.94 bits per heavy atom. The summed E-state index contributed by atoms with van der Waals surface area (Å²) >= 11 is 6.12. The van der Waals surface area contributed by atoms with Crippen LogP contribution in [0.15, 0.2) is 24.3 Å². The second-order valence-electron chi connectivity index (χ2n) is 4.17. The third-order valence-corrected chi connectivity index (χ3v) is 6.05. The molecule has 0 unspecified atom stereocenters. The van der Waals surface area contributed by atoms with Gasteiger partial charge in [-0.05, 0) is 24.5 Å². The van der Waals surface area contributed by atoms with Crippen molar-refractivity contribution in [3.8, 4) is 0 Å².